The molecule has 3 rings (SSSR count). The predicted octanol–water partition coefficient (Wildman–Crippen LogP) is 3.58. The number of ketones is 1. The molecule has 6 heteroatoms. The van der Waals surface area contributed by atoms with E-state index in [9.17, 15) is 14.7 Å². The highest BCUT2D eigenvalue weighted by atomic mass is 32.1. The number of thiazole rings is 1. The molecule has 28 heavy (non-hydrogen) atoms. The summed E-state index contributed by atoms with van der Waals surface area (Å²) in [4.78, 5) is 29.0. The first-order valence-corrected chi connectivity index (χ1v) is 9.83. The zero-order valence-electron chi connectivity index (χ0n) is 15.8. The number of amides is 1. The fourth-order valence-corrected chi connectivity index (χ4v) is 3.52. The van der Waals surface area contributed by atoms with Gasteiger partial charge in [0.05, 0.1) is 24.3 Å². The number of hydrogen-bond donors (Lipinski definition) is 2. The van der Waals surface area contributed by atoms with Crippen LogP contribution in [0.4, 0.5) is 0 Å². The van der Waals surface area contributed by atoms with Crippen molar-refractivity contribution in [2.75, 3.05) is 6.54 Å². The number of rotatable bonds is 7. The summed E-state index contributed by atoms with van der Waals surface area (Å²) in [5.74, 6) is -0.454. The minimum Gasteiger partial charge on any atom is -0.386 e. The Balaban J connectivity index is 1.56. The summed E-state index contributed by atoms with van der Waals surface area (Å²) in [5, 5.41) is 15.4. The van der Waals surface area contributed by atoms with Crippen molar-refractivity contribution in [3.05, 3.63) is 76.1 Å². The van der Waals surface area contributed by atoms with Crippen molar-refractivity contribution in [3.8, 4) is 11.3 Å². The highest BCUT2D eigenvalue weighted by Crippen LogP contribution is 2.22. The average Bonchev–Trinajstić information content (AvgIpc) is 3.14. The lowest BCUT2D eigenvalue weighted by Crippen LogP contribution is -2.30. The largest absolute Gasteiger partial charge is 0.386 e. The van der Waals surface area contributed by atoms with Gasteiger partial charge >= 0.3 is 0 Å². The number of nitrogens with zero attached hydrogens (tertiary/aromatic N) is 1. The summed E-state index contributed by atoms with van der Waals surface area (Å²) >= 11 is 1.44. The first-order chi connectivity index (χ1) is 13.3. The lowest BCUT2D eigenvalue weighted by atomic mass is 9.96. The standard InChI is InChI=1S/C22H22N2O3S/c1-22(2,27)17-10-6-9-16(11-17)21(26)23-13-18(25)12-20-24-19(14-28-20)15-7-4-3-5-8-15/h3-11,14,27H,12-13H2,1-2H3,(H,23,26). The lowest BCUT2D eigenvalue weighted by molar-refractivity contribution is -0.117. The first kappa shape index (κ1) is 19.9. The molecule has 0 saturated heterocycles. The maximum absolute atomic E-state index is 12.3. The summed E-state index contributed by atoms with van der Waals surface area (Å²) in [6.07, 6.45) is 0.182. The highest BCUT2D eigenvalue weighted by Gasteiger charge is 2.18. The molecule has 0 saturated carbocycles. The monoisotopic (exact) mass is 394 g/mol. The molecule has 0 spiro atoms. The molecule has 144 valence electrons. The van der Waals surface area contributed by atoms with Crippen LogP contribution in [0.15, 0.2) is 60.0 Å². The zero-order valence-corrected chi connectivity index (χ0v) is 16.6. The summed E-state index contributed by atoms with van der Waals surface area (Å²) in [7, 11) is 0. The van der Waals surface area contributed by atoms with Crippen LogP contribution in [0.2, 0.25) is 0 Å². The Morgan fingerprint density at radius 1 is 1.11 bits per heavy atom. The van der Waals surface area contributed by atoms with Gasteiger partial charge in [0, 0.05) is 16.5 Å². The molecule has 0 bridgehead atoms. The minimum atomic E-state index is -1.03. The van der Waals surface area contributed by atoms with Crippen LogP contribution >= 0.6 is 11.3 Å². The number of carbonyl (C=O) groups is 2. The van der Waals surface area contributed by atoms with Gasteiger partial charge in [-0.2, -0.15) is 0 Å². The summed E-state index contributed by atoms with van der Waals surface area (Å²) in [6.45, 7) is 3.25. The van der Waals surface area contributed by atoms with Crippen molar-refractivity contribution in [2.45, 2.75) is 25.9 Å². The van der Waals surface area contributed by atoms with E-state index in [4.69, 9.17) is 0 Å². The van der Waals surface area contributed by atoms with Gasteiger partial charge in [-0.1, -0.05) is 42.5 Å². The quantitative estimate of drug-likeness (QED) is 0.642. The molecule has 0 aliphatic heterocycles. The smallest absolute Gasteiger partial charge is 0.251 e. The second kappa shape index (κ2) is 8.46. The Bertz CT molecular complexity index is 975. The second-order valence-corrected chi connectivity index (χ2v) is 7.97. The van der Waals surface area contributed by atoms with Gasteiger partial charge in [-0.25, -0.2) is 4.98 Å². The number of benzene rings is 2. The van der Waals surface area contributed by atoms with Crippen LogP contribution < -0.4 is 5.32 Å². The van der Waals surface area contributed by atoms with E-state index in [1.165, 1.54) is 11.3 Å². The SMILES string of the molecule is CC(C)(O)c1cccc(C(=O)NCC(=O)Cc2nc(-c3ccccc3)cs2)c1. The molecule has 0 unspecified atom stereocenters. The molecular formula is C22H22N2O3S. The van der Waals surface area contributed by atoms with E-state index >= 15 is 0 Å². The minimum absolute atomic E-state index is 0.0637. The van der Waals surface area contributed by atoms with Gasteiger partial charge in [0.25, 0.3) is 5.91 Å². The average molecular weight is 394 g/mol. The third-order valence-electron chi connectivity index (χ3n) is 4.25. The molecule has 5 nitrogen and oxygen atoms in total. The zero-order chi connectivity index (χ0) is 20.1. The Morgan fingerprint density at radius 2 is 1.86 bits per heavy atom. The van der Waals surface area contributed by atoms with E-state index in [0.29, 0.717) is 11.1 Å². The maximum atomic E-state index is 12.3. The molecule has 0 aliphatic carbocycles. The van der Waals surface area contributed by atoms with Gasteiger partial charge < -0.3 is 10.4 Å². The van der Waals surface area contributed by atoms with Crippen molar-refractivity contribution in [1.82, 2.24) is 10.3 Å². The molecule has 0 fully saturated rings. The summed E-state index contributed by atoms with van der Waals surface area (Å²) < 4.78 is 0. The lowest BCUT2D eigenvalue weighted by Gasteiger charge is -2.18. The van der Waals surface area contributed by atoms with E-state index in [-0.39, 0.29) is 24.7 Å². The molecule has 0 aliphatic rings. The number of nitrogens with one attached hydrogen (secondary N) is 1. The molecule has 2 aromatic carbocycles. The van der Waals surface area contributed by atoms with Crippen LogP contribution in [-0.4, -0.2) is 28.3 Å². The maximum Gasteiger partial charge on any atom is 0.251 e. The summed E-state index contributed by atoms with van der Waals surface area (Å²) in [5.41, 5.74) is 1.88. The van der Waals surface area contributed by atoms with E-state index < -0.39 is 5.60 Å². The third-order valence-corrected chi connectivity index (χ3v) is 5.10. The molecule has 0 atom stereocenters. The Kier molecular flexibility index (Phi) is 6.02. The van der Waals surface area contributed by atoms with Gasteiger partial charge in [0.1, 0.15) is 5.01 Å². The normalized spacial score (nSPS) is 11.2. The highest BCUT2D eigenvalue weighted by molar-refractivity contribution is 7.10. The molecule has 3 aromatic rings. The number of Topliss-reactive ketones (excluding diaryl/α,β-unsaturated/α-hetero) is 1. The van der Waals surface area contributed by atoms with Crippen LogP contribution in [0.5, 0.6) is 0 Å². The van der Waals surface area contributed by atoms with E-state index in [1.807, 2.05) is 35.7 Å². The Hall–Kier alpha value is -2.83. The number of aliphatic hydroxyl groups is 1. The van der Waals surface area contributed by atoms with Crippen molar-refractivity contribution in [3.63, 3.8) is 0 Å². The summed E-state index contributed by atoms with van der Waals surface area (Å²) in [6, 6.07) is 16.5. The van der Waals surface area contributed by atoms with Crippen LogP contribution in [0.25, 0.3) is 11.3 Å². The van der Waals surface area contributed by atoms with Gasteiger partial charge in [-0.3, -0.25) is 9.59 Å². The second-order valence-electron chi connectivity index (χ2n) is 7.03. The predicted molar refractivity (Wildman–Crippen MR) is 110 cm³/mol. The molecule has 1 amide bonds. The third kappa shape index (κ3) is 5.12. The first-order valence-electron chi connectivity index (χ1n) is 8.95. The molecule has 1 heterocycles. The molecule has 0 radical (unpaired) electrons. The van der Waals surface area contributed by atoms with Crippen molar-refractivity contribution in [1.29, 1.82) is 0 Å². The van der Waals surface area contributed by atoms with Gasteiger partial charge in [-0.05, 0) is 31.5 Å². The number of aromatic nitrogens is 1. The van der Waals surface area contributed by atoms with Crippen LogP contribution in [-0.2, 0) is 16.8 Å². The molecule has 2 N–H and O–H groups in total. The number of carbonyl (C=O) groups excluding carboxylic acids is 2. The van der Waals surface area contributed by atoms with Crippen LogP contribution in [0.1, 0.15) is 34.8 Å². The van der Waals surface area contributed by atoms with E-state index in [0.717, 1.165) is 16.3 Å². The van der Waals surface area contributed by atoms with Crippen LogP contribution in [0, 0.1) is 0 Å². The molecule has 1 aromatic heterocycles. The van der Waals surface area contributed by atoms with Crippen molar-refractivity contribution >= 4 is 23.0 Å². The van der Waals surface area contributed by atoms with Crippen molar-refractivity contribution < 1.29 is 14.7 Å². The van der Waals surface area contributed by atoms with E-state index in [1.54, 1.807) is 38.1 Å². The van der Waals surface area contributed by atoms with Crippen LogP contribution in [0.3, 0.4) is 0 Å². The van der Waals surface area contributed by atoms with Gasteiger partial charge in [0.15, 0.2) is 5.78 Å². The fourth-order valence-electron chi connectivity index (χ4n) is 2.69. The Labute approximate surface area is 168 Å². The fraction of sp³-hybridized carbons (Fsp3) is 0.227. The Morgan fingerprint density at radius 3 is 2.57 bits per heavy atom. The van der Waals surface area contributed by atoms with Gasteiger partial charge in [0.2, 0.25) is 0 Å². The van der Waals surface area contributed by atoms with Crippen molar-refractivity contribution in [2.24, 2.45) is 0 Å². The van der Waals surface area contributed by atoms with E-state index in [2.05, 4.69) is 10.3 Å². The molecular weight excluding hydrogens is 372 g/mol. The van der Waals surface area contributed by atoms with Gasteiger partial charge in [-0.15, -0.1) is 11.3 Å². The number of hydrogen-bond acceptors (Lipinski definition) is 5. The topological polar surface area (TPSA) is 79.3 Å².